The third kappa shape index (κ3) is 7.09. The summed E-state index contributed by atoms with van der Waals surface area (Å²) in [6, 6.07) is 5.91. The van der Waals surface area contributed by atoms with Crippen LogP contribution < -0.4 is 5.32 Å². The van der Waals surface area contributed by atoms with Crippen molar-refractivity contribution < 1.29 is 12.0 Å². The summed E-state index contributed by atoms with van der Waals surface area (Å²) in [5, 5.41) is 4.04. The van der Waals surface area contributed by atoms with Crippen LogP contribution in [0.2, 0.25) is 0 Å². The lowest BCUT2D eigenvalue weighted by Crippen LogP contribution is -2.12. The Bertz CT molecular complexity index is 1170. The van der Waals surface area contributed by atoms with Crippen molar-refractivity contribution in [3.63, 3.8) is 0 Å². The van der Waals surface area contributed by atoms with Crippen molar-refractivity contribution in [3.8, 4) is 23.7 Å². The van der Waals surface area contributed by atoms with E-state index in [1.807, 2.05) is 77.4 Å². The highest BCUT2D eigenvalue weighted by Crippen LogP contribution is 2.33. The van der Waals surface area contributed by atoms with E-state index < -0.39 is 6.17 Å². The van der Waals surface area contributed by atoms with E-state index in [1.165, 1.54) is 0 Å². The van der Waals surface area contributed by atoms with Crippen LogP contribution in [-0.2, 0) is 4.74 Å². The van der Waals surface area contributed by atoms with Crippen LogP contribution in [0, 0.1) is 35.5 Å². The van der Waals surface area contributed by atoms with Gasteiger partial charge in [-0.1, -0.05) is 19.8 Å². The number of alkyl halides is 1. The summed E-state index contributed by atoms with van der Waals surface area (Å²) >= 11 is 0. The monoisotopic (exact) mass is 449 g/mol. The van der Waals surface area contributed by atoms with E-state index in [4.69, 9.17) is 4.74 Å². The minimum Gasteiger partial charge on any atom is -0.477 e. The first-order chi connectivity index (χ1) is 15.8. The van der Waals surface area contributed by atoms with E-state index >= 15 is 0 Å². The van der Waals surface area contributed by atoms with E-state index in [0.29, 0.717) is 12.3 Å². The van der Waals surface area contributed by atoms with Gasteiger partial charge in [0, 0.05) is 46.3 Å². The van der Waals surface area contributed by atoms with Gasteiger partial charge in [0.15, 0.2) is 0 Å². The zero-order valence-corrected chi connectivity index (χ0v) is 20.1. The number of allylic oxidation sites excluding steroid dienone is 1. The number of hydrogen-bond donors (Lipinski definition) is 1. The summed E-state index contributed by atoms with van der Waals surface area (Å²) in [6.45, 7) is 8.03. The van der Waals surface area contributed by atoms with Gasteiger partial charge in [-0.2, -0.15) is 0 Å². The summed E-state index contributed by atoms with van der Waals surface area (Å²) in [4.78, 5) is 8.95. The molecule has 0 radical (unpaired) electrons. The molecule has 2 aliphatic rings. The summed E-state index contributed by atoms with van der Waals surface area (Å²) < 4.78 is 19.3. The van der Waals surface area contributed by atoms with Crippen molar-refractivity contribution in [1.29, 1.82) is 0 Å². The fourth-order valence-electron chi connectivity index (χ4n) is 3.22. The fraction of sp³-hybridized carbons (Fsp3) is 0.429. The molecule has 0 fully saturated rings. The summed E-state index contributed by atoms with van der Waals surface area (Å²) in [7, 11) is 1.85. The molecule has 1 N–H and O–H groups in total. The maximum absolute atomic E-state index is 13.4. The topological polar surface area (TPSA) is 47.0 Å². The van der Waals surface area contributed by atoms with Gasteiger partial charge in [-0.05, 0) is 50.6 Å². The summed E-state index contributed by atoms with van der Waals surface area (Å²) in [5.74, 6) is 13.6. The molecule has 0 bridgehead atoms. The van der Waals surface area contributed by atoms with Crippen LogP contribution in [0.5, 0.6) is 0 Å². The van der Waals surface area contributed by atoms with Crippen molar-refractivity contribution in [3.05, 3.63) is 48.3 Å². The minimum absolute atomic E-state index is 0. The van der Waals surface area contributed by atoms with E-state index in [2.05, 4.69) is 39.0 Å². The molecule has 0 aromatic carbocycles. The van der Waals surface area contributed by atoms with Crippen LogP contribution in [0.15, 0.2) is 42.6 Å². The Kier molecular flexibility index (Phi) is 8.12. The number of nitrogens with zero attached hydrogens (tertiary/aromatic N) is 2. The lowest BCUT2D eigenvalue weighted by molar-refractivity contribution is 0.188. The van der Waals surface area contributed by atoms with Gasteiger partial charge in [0.25, 0.3) is 0 Å². The van der Waals surface area contributed by atoms with Crippen LogP contribution in [-0.4, -0.2) is 28.8 Å². The zero-order chi connectivity index (χ0) is 23.8. The Morgan fingerprint density at radius 1 is 1.36 bits per heavy atom. The quantitative estimate of drug-likeness (QED) is 0.322. The normalized spacial score (nSPS) is 20.4. The molecule has 0 aliphatic heterocycles. The van der Waals surface area contributed by atoms with Crippen LogP contribution in [0.4, 0.5) is 10.2 Å². The molecule has 0 saturated carbocycles. The molecule has 5 heteroatoms. The maximum Gasteiger partial charge on any atom is 0.143 e. The number of aromatic nitrogens is 2. The molecule has 4 rings (SSSR count). The number of fused-ring (bicyclic) bond motifs is 1. The molecule has 2 aliphatic carbocycles. The van der Waals surface area contributed by atoms with Crippen LogP contribution in [0.1, 0.15) is 55.5 Å². The largest absolute Gasteiger partial charge is 0.477 e. The first-order valence-corrected chi connectivity index (χ1v) is 11.4. The van der Waals surface area contributed by atoms with Gasteiger partial charge in [-0.25, -0.2) is 14.4 Å². The predicted octanol–water partition coefficient (Wildman–Crippen LogP) is 6.66. The number of halogens is 1. The second kappa shape index (κ2) is 11.0. The Labute approximate surface area is 199 Å². The summed E-state index contributed by atoms with van der Waals surface area (Å²) in [5.41, 5.74) is 1.49. The van der Waals surface area contributed by atoms with Crippen molar-refractivity contribution in [2.24, 2.45) is 11.8 Å². The van der Waals surface area contributed by atoms with Gasteiger partial charge < -0.3 is 10.1 Å². The highest BCUT2D eigenvalue weighted by atomic mass is 19.1. The Morgan fingerprint density at radius 3 is 2.82 bits per heavy atom. The molecule has 4 nitrogen and oxygen atoms in total. The third-order valence-corrected chi connectivity index (χ3v) is 5.31. The third-order valence-electron chi connectivity index (χ3n) is 5.31. The molecular formula is C28H36FN3O. The van der Waals surface area contributed by atoms with Crippen molar-refractivity contribution in [2.75, 3.05) is 12.4 Å². The maximum atomic E-state index is 13.4. The highest BCUT2D eigenvalue weighted by molar-refractivity contribution is 5.81. The van der Waals surface area contributed by atoms with Crippen molar-refractivity contribution in [2.45, 2.75) is 58.7 Å². The number of rotatable bonds is 4. The molecule has 2 aromatic heterocycles. The van der Waals surface area contributed by atoms with Crippen LogP contribution in [0.3, 0.4) is 0 Å². The van der Waals surface area contributed by atoms with E-state index in [-0.39, 0.29) is 14.4 Å². The molecule has 0 amide bonds. The van der Waals surface area contributed by atoms with E-state index in [9.17, 15) is 4.39 Å². The molecule has 33 heavy (non-hydrogen) atoms. The molecule has 1 unspecified atom stereocenters. The smallest absolute Gasteiger partial charge is 0.143 e. The average Bonchev–Trinajstić information content (AvgIpc) is 3.58. The zero-order valence-electron chi connectivity index (χ0n) is 20.1. The average molecular weight is 450 g/mol. The van der Waals surface area contributed by atoms with Gasteiger partial charge in [-0.15, -0.1) is 17.8 Å². The number of pyridine rings is 2. The molecule has 2 atom stereocenters. The molecular weight excluding hydrogens is 413 g/mol. The van der Waals surface area contributed by atoms with Gasteiger partial charge in [0.1, 0.15) is 29.0 Å². The second-order valence-corrected chi connectivity index (χ2v) is 8.64. The fourth-order valence-corrected chi connectivity index (χ4v) is 3.22. The van der Waals surface area contributed by atoms with Gasteiger partial charge >= 0.3 is 0 Å². The second-order valence-electron chi connectivity index (χ2n) is 8.64. The molecule has 0 saturated heterocycles. The highest BCUT2D eigenvalue weighted by Gasteiger charge is 2.31. The predicted molar refractivity (Wildman–Crippen MR) is 138 cm³/mol. The number of hydrogen-bond acceptors (Lipinski definition) is 4. The molecule has 2 heterocycles. The van der Waals surface area contributed by atoms with Gasteiger partial charge in [0.05, 0.1) is 11.4 Å². The number of ether oxygens (including phenoxy) is 1. The number of anilines is 1. The summed E-state index contributed by atoms with van der Waals surface area (Å²) in [6.07, 6.45) is 8.91. The van der Waals surface area contributed by atoms with Crippen molar-refractivity contribution in [1.82, 2.24) is 9.97 Å². The van der Waals surface area contributed by atoms with Gasteiger partial charge in [0.2, 0.25) is 0 Å². The molecule has 2 aromatic rings. The standard InChI is InChI=1S/C16H17N3O.C12H15F.2H2/c1-4-14(20-16(2)7-8-16)12-6-5-11-10-18-15(17-3)9-13(11)19-12;1-10(2)8-9-11-6-4-3-5-7-12(11)13;;/h4-10H,1-3H3,(H,17,18);10-12H,4,6-7H2,1-2H3;2*1H/b14-4-;;;/t;11-,12?;;/m.1../s1. The Balaban J connectivity index is 0.000000360. The first kappa shape index (κ1) is 24.3. The minimum atomic E-state index is -0.846. The SMILES string of the molecule is C/C=C(\OC1(C)C=C1)c1ccc2cnc(NC)cc2n1.CC(C)C#C[C@H]1CCC#CCC1F.[HH].[HH]. The number of nitrogens with one attached hydrogen (secondary N) is 1. The molecule has 0 spiro atoms. The van der Waals surface area contributed by atoms with Gasteiger partial charge in [-0.3, -0.25) is 0 Å². The lowest BCUT2D eigenvalue weighted by atomic mass is 9.98. The van der Waals surface area contributed by atoms with E-state index in [0.717, 1.165) is 41.0 Å². The lowest BCUT2D eigenvalue weighted by Gasteiger charge is -2.16. The first-order valence-electron chi connectivity index (χ1n) is 11.4. The van der Waals surface area contributed by atoms with E-state index in [1.54, 1.807) is 0 Å². The Hall–Kier alpha value is -3.31. The Morgan fingerprint density at radius 2 is 2.15 bits per heavy atom. The molecule has 176 valence electrons. The van der Waals surface area contributed by atoms with Crippen LogP contribution >= 0.6 is 0 Å². The van der Waals surface area contributed by atoms with Crippen LogP contribution in [0.25, 0.3) is 16.7 Å². The van der Waals surface area contributed by atoms with Crippen molar-refractivity contribution >= 4 is 22.5 Å².